The summed E-state index contributed by atoms with van der Waals surface area (Å²) in [5.74, 6) is 0.679. The molecule has 0 fully saturated rings. The SMILES string of the molecule is CCC(C)C1=C[C]([Ti+3])([Si](C)(C)c2ccccc2)C=C1.[Cl-].[Cl-].[Cl-]. The summed E-state index contributed by atoms with van der Waals surface area (Å²) < 4.78 is 0.243. The van der Waals surface area contributed by atoms with E-state index < -0.39 is 8.07 Å². The third-order valence-corrected chi connectivity index (χ3v) is 12.2. The van der Waals surface area contributed by atoms with Gasteiger partial charge >= 0.3 is 130 Å². The molecule has 0 amide bonds. The zero-order valence-electron chi connectivity index (χ0n) is 13.5. The number of benzene rings is 1. The Labute approximate surface area is 166 Å². The fourth-order valence-electron chi connectivity index (χ4n) is 2.61. The van der Waals surface area contributed by atoms with Crippen LogP contribution in [0, 0.1) is 5.92 Å². The first-order valence-corrected chi connectivity index (χ1v) is 10.9. The molecule has 0 aliphatic heterocycles. The summed E-state index contributed by atoms with van der Waals surface area (Å²) in [6.45, 7) is 9.58. The van der Waals surface area contributed by atoms with Crippen LogP contribution in [0.15, 0.2) is 54.1 Å². The van der Waals surface area contributed by atoms with E-state index in [0.29, 0.717) is 5.92 Å². The third kappa shape index (κ3) is 4.75. The molecule has 2 unspecified atom stereocenters. The van der Waals surface area contributed by atoms with Crippen LogP contribution in [0.3, 0.4) is 0 Å². The number of hydrogen-bond acceptors (Lipinski definition) is 0. The van der Waals surface area contributed by atoms with Crippen LogP contribution in [-0.2, 0) is 20.4 Å². The number of allylic oxidation sites excluding steroid dienone is 4. The number of halogens is 3. The maximum Gasteiger partial charge on any atom is -1.00 e. The van der Waals surface area contributed by atoms with Gasteiger partial charge in [-0.05, 0) is 0 Å². The minimum Gasteiger partial charge on any atom is -1.00 e. The minimum absolute atomic E-state index is 0. The molecule has 1 aromatic carbocycles. The van der Waals surface area contributed by atoms with E-state index in [0.717, 1.165) is 0 Å². The van der Waals surface area contributed by atoms with Crippen molar-refractivity contribution in [2.75, 3.05) is 0 Å². The van der Waals surface area contributed by atoms with Crippen molar-refractivity contribution in [2.24, 2.45) is 5.92 Å². The van der Waals surface area contributed by atoms with Crippen molar-refractivity contribution < 1.29 is 57.7 Å². The van der Waals surface area contributed by atoms with E-state index in [1.54, 1.807) is 5.19 Å². The average Bonchev–Trinajstić information content (AvgIpc) is 2.83. The Hall–Kier alpha value is 0.501. The van der Waals surface area contributed by atoms with Gasteiger partial charge in [0.1, 0.15) is 0 Å². The number of rotatable bonds is 4. The molecule has 0 saturated heterocycles. The molecule has 0 nitrogen and oxygen atoms in total. The summed E-state index contributed by atoms with van der Waals surface area (Å²) in [7, 11) is -1.53. The minimum atomic E-state index is -1.53. The molecule has 1 aromatic rings. The average molecular weight is 410 g/mol. The Morgan fingerprint density at radius 2 is 1.64 bits per heavy atom. The number of hydrogen-bond donors (Lipinski definition) is 0. The normalized spacial score (nSPS) is 21.1. The van der Waals surface area contributed by atoms with Crippen LogP contribution in [0.4, 0.5) is 0 Å². The molecule has 5 heteroatoms. The second kappa shape index (κ2) is 9.71. The first kappa shape index (κ1) is 24.7. The van der Waals surface area contributed by atoms with Gasteiger partial charge in [-0.2, -0.15) is 0 Å². The fraction of sp³-hybridized carbons (Fsp3) is 0.412. The Bertz CT molecular complexity index is 514. The largest absolute Gasteiger partial charge is 1.00 e. The molecule has 1 aliphatic rings. The quantitative estimate of drug-likeness (QED) is 0.439. The molecule has 0 bridgehead atoms. The third-order valence-electron chi connectivity index (χ3n) is 4.64. The van der Waals surface area contributed by atoms with Crippen molar-refractivity contribution >= 4 is 13.3 Å². The predicted molar refractivity (Wildman–Crippen MR) is 82.9 cm³/mol. The topological polar surface area (TPSA) is 0 Å². The van der Waals surface area contributed by atoms with Gasteiger partial charge < -0.3 is 37.2 Å². The van der Waals surface area contributed by atoms with Crippen LogP contribution >= 0.6 is 0 Å². The molecule has 22 heavy (non-hydrogen) atoms. The van der Waals surface area contributed by atoms with Crippen LogP contribution < -0.4 is 42.4 Å². The van der Waals surface area contributed by atoms with Gasteiger partial charge in [-0.25, -0.2) is 0 Å². The van der Waals surface area contributed by atoms with Gasteiger partial charge in [0.05, 0.1) is 0 Å². The van der Waals surface area contributed by atoms with Crippen molar-refractivity contribution in [3.8, 4) is 0 Å². The molecule has 1 aliphatic carbocycles. The Morgan fingerprint density at radius 1 is 1.09 bits per heavy atom. The van der Waals surface area contributed by atoms with Crippen LogP contribution in [-0.4, -0.2) is 8.07 Å². The second-order valence-corrected chi connectivity index (χ2v) is 12.9. The molecule has 0 radical (unpaired) electrons. The molecule has 0 heterocycles. The van der Waals surface area contributed by atoms with Gasteiger partial charge in [-0.3, -0.25) is 0 Å². The molecular formula is C17H23Cl3SiTi. The van der Waals surface area contributed by atoms with Gasteiger partial charge in [-0.1, -0.05) is 0 Å². The van der Waals surface area contributed by atoms with Crippen LogP contribution in [0.1, 0.15) is 20.3 Å². The van der Waals surface area contributed by atoms with Gasteiger partial charge in [0.15, 0.2) is 0 Å². The van der Waals surface area contributed by atoms with Gasteiger partial charge in [0.25, 0.3) is 0 Å². The van der Waals surface area contributed by atoms with Crippen LogP contribution in [0.5, 0.6) is 0 Å². The van der Waals surface area contributed by atoms with Gasteiger partial charge in [0.2, 0.25) is 0 Å². The summed E-state index contributed by atoms with van der Waals surface area (Å²) in [5.41, 5.74) is 1.53. The Morgan fingerprint density at radius 3 is 2.14 bits per heavy atom. The summed E-state index contributed by atoms with van der Waals surface area (Å²) in [5, 5.41) is 1.55. The zero-order chi connectivity index (χ0) is 14.1. The smallest absolute Gasteiger partial charge is 1.00 e. The molecule has 0 saturated carbocycles. The maximum absolute atomic E-state index is 2.54. The molecule has 2 atom stereocenters. The standard InChI is InChI=1S/C17H23Si.3ClH.Ti/c1-5-14(2)15-11-12-17(13-15)18(3,4)16-9-7-6-8-10-16;;;;/h6-14H,5H2,1-4H3;3*1H;/q;;;;+3/p-3. The molecule has 0 aromatic heterocycles. The summed E-state index contributed by atoms with van der Waals surface area (Å²) in [6.07, 6.45) is 8.58. The summed E-state index contributed by atoms with van der Waals surface area (Å²) in [6, 6.07) is 11.1. The van der Waals surface area contributed by atoms with E-state index in [2.05, 4.69) is 95.9 Å². The molecule has 120 valence electrons. The van der Waals surface area contributed by atoms with Crippen molar-refractivity contribution in [1.82, 2.24) is 0 Å². The van der Waals surface area contributed by atoms with Crippen molar-refractivity contribution in [3.05, 3.63) is 54.1 Å². The van der Waals surface area contributed by atoms with Gasteiger partial charge in [-0.15, -0.1) is 0 Å². The monoisotopic (exact) mass is 408 g/mol. The summed E-state index contributed by atoms with van der Waals surface area (Å²) >= 11 is 2.41. The maximum atomic E-state index is 2.54. The van der Waals surface area contributed by atoms with Crippen molar-refractivity contribution in [3.63, 3.8) is 0 Å². The Balaban J connectivity index is 0. The molecule has 2 rings (SSSR count). The first-order valence-electron chi connectivity index (χ1n) is 7.13. The van der Waals surface area contributed by atoms with E-state index in [-0.39, 0.29) is 40.6 Å². The van der Waals surface area contributed by atoms with Crippen LogP contribution in [0.25, 0.3) is 0 Å². The second-order valence-electron chi connectivity index (χ2n) is 6.15. The summed E-state index contributed by atoms with van der Waals surface area (Å²) in [4.78, 5) is 0. The first-order chi connectivity index (χ1) is 8.90. The molecule has 0 spiro atoms. The Kier molecular flexibility index (Phi) is 10.9. The molecule has 0 N–H and O–H groups in total. The van der Waals surface area contributed by atoms with Crippen LogP contribution in [0.2, 0.25) is 16.4 Å². The van der Waals surface area contributed by atoms with Crippen molar-refractivity contribution in [1.29, 1.82) is 0 Å². The molecular weight excluding hydrogens is 386 g/mol. The van der Waals surface area contributed by atoms with E-state index in [9.17, 15) is 0 Å². The predicted octanol–water partition coefficient (Wildman–Crippen LogP) is -4.60. The van der Waals surface area contributed by atoms with E-state index in [1.165, 1.54) is 12.0 Å². The van der Waals surface area contributed by atoms with E-state index in [4.69, 9.17) is 0 Å². The zero-order valence-corrected chi connectivity index (χ0v) is 18.4. The van der Waals surface area contributed by atoms with Crippen molar-refractivity contribution in [2.45, 2.75) is 36.7 Å². The van der Waals surface area contributed by atoms with E-state index in [1.807, 2.05) is 0 Å². The van der Waals surface area contributed by atoms with Gasteiger partial charge in [0, 0.05) is 0 Å². The fourth-order valence-corrected chi connectivity index (χ4v) is 6.21. The van der Waals surface area contributed by atoms with E-state index >= 15 is 0 Å².